The summed E-state index contributed by atoms with van der Waals surface area (Å²) in [6.45, 7) is 0. The average Bonchev–Trinajstić information content (AvgIpc) is 3.93. The summed E-state index contributed by atoms with van der Waals surface area (Å²) in [6.07, 6.45) is 0. The van der Waals surface area contributed by atoms with Crippen LogP contribution in [0.5, 0.6) is 0 Å². The van der Waals surface area contributed by atoms with Crippen LogP contribution in [-0.4, -0.2) is 14.4 Å². The summed E-state index contributed by atoms with van der Waals surface area (Å²) in [5.41, 5.74) is 20.4. The van der Waals surface area contributed by atoms with Crippen LogP contribution in [-0.2, 0) is 0 Å². The topological polar surface area (TPSA) is 30.2 Å². The van der Waals surface area contributed by atoms with Gasteiger partial charge >= 0.3 is 0 Å². The molecular formula is C64H41N3. The van der Waals surface area contributed by atoms with Gasteiger partial charge < -0.3 is 4.40 Å². The van der Waals surface area contributed by atoms with Crippen molar-refractivity contribution in [2.24, 2.45) is 0 Å². The molecule has 0 spiro atoms. The first-order valence-corrected chi connectivity index (χ1v) is 22.9. The van der Waals surface area contributed by atoms with Gasteiger partial charge in [0, 0.05) is 38.2 Å². The Labute approximate surface area is 388 Å². The minimum atomic E-state index is 0.700. The van der Waals surface area contributed by atoms with E-state index in [1.165, 1.54) is 77.0 Å². The summed E-state index contributed by atoms with van der Waals surface area (Å²) in [7, 11) is 0. The van der Waals surface area contributed by atoms with Crippen LogP contribution in [0.2, 0.25) is 0 Å². The summed E-state index contributed by atoms with van der Waals surface area (Å²) in [5.74, 6) is 0.700. The molecule has 0 N–H and O–H groups in total. The highest BCUT2D eigenvalue weighted by Gasteiger charge is 2.19. The molecular weight excluding hydrogens is 811 g/mol. The molecule has 3 heteroatoms. The number of para-hydroxylation sites is 1. The van der Waals surface area contributed by atoms with E-state index in [1.54, 1.807) is 0 Å². The van der Waals surface area contributed by atoms with Gasteiger partial charge in [-0.25, -0.2) is 9.97 Å². The standard InChI is InChI=1S/C64H41N3/c1-4-16-42(17-5-1)53-28-10-11-29-54(53)51-33-35-56-58-31-15-30-57-55-34-32-50(39-61(55)67(63(57)58)62(56)40-51)48-25-13-23-46(37-48)45-22-12-24-47(36-45)49-26-14-27-52(38-49)64-65-59(43-18-6-2-7-19-43)41-60(66-64)44-20-8-3-9-21-44/h1-41H. The Morgan fingerprint density at radius 1 is 0.239 bits per heavy atom. The lowest BCUT2D eigenvalue weighted by Crippen LogP contribution is -1.96. The molecule has 0 saturated heterocycles. The number of benzene rings is 10. The second kappa shape index (κ2) is 16.0. The van der Waals surface area contributed by atoms with Gasteiger partial charge in [0.25, 0.3) is 0 Å². The number of hydrogen-bond donors (Lipinski definition) is 0. The molecule has 0 saturated carbocycles. The zero-order valence-corrected chi connectivity index (χ0v) is 36.5. The first-order valence-electron chi connectivity index (χ1n) is 22.9. The van der Waals surface area contributed by atoms with Crippen LogP contribution in [0.15, 0.2) is 249 Å². The Kier molecular flexibility index (Phi) is 9.17. The summed E-state index contributed by atoms with van der Waals surface area (Å²) in [4.78, 5) is 10.2. The van der Waals surface area contributed by atoms with E-state index in [4.69, 9.17) is 9.97 Å². The Balaban J connectivity index is 0.872. The van der Waals surface area contributed by atoms with Crippen molar-refractivity contribution >= 4 is 38.1 Å². The summed E-state index contributed by atoms with van der Waals surface area (Å²) >= 11 is 0. The lowest BCUT2D eigenvalue weighted by molar-refractivity contribution is 1.18. The van der Waals surface area contributed by atoms with E-state index in [0.717, 1.165) is 44.8 Å². The minimum Gasteiger partial charge on any atom is -0.308 e. The second-order valence-corrected chi connectivity index (χ2v) is 17.3. The Bertz CT molecular complexity index is 3910. The van der Waals surface area contributed by atoms with Crippen molar-refractivity contribution < 1.29 is 0 Å². The van der Waals surface area contributed by atoms with Crippen LogP contribution < -0.4 is 0 Å². The molecule has 0 aliphatic rings. The van der Waals surface area contributed by atoms with Gasteiger partial charge in [-0.3, -0.25) is 0 Å². The Morgan fingerprint density at radius 2 is 0.612 bits per heavy atom. The van der Waals surface area contributed by atoms with Crippen LogP contribution in [0.4, 0.5) is 0 Å². The molecule has 3 nitrogen and oxygen atoms in total. The molecule has 13 rings (SSSR count). The van der Waals surface area contributed by atoms with Gasteiger partial charge in [-0.05, 0) is 92.0 Å². The molecule has 312 valence electrons. The smallest absolute Gasteiger partial charge is 0.160 e. The molecule has 0 radical (unpaired) electrons. The number of hydrogen-bond acceptors (Lipinski definition) is 2. The van der Waals surface area contributed by atoms with Gasteiger partial charge in [-0.15, -0.1) is 0 Å². The van der Waals surface area contributed by atoms with E-state index in [1.807, 2.05) is 12.1 Å². The Morgan fingerprint density at radius 3 is 1.13 bits per heavy atom. The van der Waals surface area contributed by atoms with Crippen molar-refractivity contribution in [3.8, 4) is 89.5 Å². The van der Waals surface area contributed by atoms with Crippen molar-refractivity contribution in [1.29, 1.82) is 0 Å². The molecule has 0 unspecified atom stereocenters. The molecule has 0 atom stereocenters. The fraction of sp³-hybridized carbons (Fsp3) is 0. The third-order valence-corrected chi connectivity index (χ3v) is 13.4. The van der Waals surface area contributed by atoms with Crippen LogP contribution in [0.3, 0.4) is 0 Å². The van der Waals surface area contributed by atoms with E-state index in [0.29, 0.717) is 5.82 Å². The number of rotatable bonds is 8. The molecule has 0 bridgehead atoms. The van der Waals surface area contributed by atoms with E-state index < -0.39 is 0 Å². The highest BCUT2D eigenvalue weighted by Crippen LogP contribution is 2.43. The monoisotopic (exact) mass is 851 g/mol. The highest BCUT2D eigenvalue weighted by molar-refractivity contribution is 6.24. The van der Waals surface area contributed by atoms with Crippen LogP contribution in [0, 0.1) is 0 Å². The first kappa shape index (κ1) is 38.5. The maximum absolute atomic E-state index is 5.11. The zero-order valence-electron chi connectivity index (χ0n) is 36.5. The van der Waals surface area contributed by atoms with E-state index >= 15 is 0 Å². The Hall–Kier alpha value is -8.92. The van der Waals surface area contributed by atoms with Gasteiger partial charge in [0.2, 0.25) is 0 Å². The van der Waals surface area contributed by atoms with Gasteiger partial charge in [-0.1, -0.05) is 212 Å². The van der Waals surface area contributed by atoms with Crippen molar-refractivity contribution in [3.63, 3.8) is 0 Å². The number of nitrogens with zero attached hydrogens (tertiary/aromatic N) is 3. The second-order valence-electron chi connectivity index (χ2n) is 17.3. The van der Waals surface area contributed by atoms with Gasteiger partial charge in [0.15, 0.2) is 5.82 Å². The predicted molar refractivity (Wildman–Crippen MR) is 280 cm³/mol. The quantitative estimate of drug-likeness (QED) is 0.152. The van der Waals surface area contributed by atoms with Crippen LogP contribution in [0.1, 0.15) is 0 Å². The maximum Gasteiger partial charge on any atom is 0.160 e. The third-order valence-electron chi connectivity index (χ3n) is 13.4. The van der Waals surface area contributed by atoms with Gasteiger partial charge in [0.1, 0.15) is 0 Å². The number of fused-ring (bicyclic) bond motifs is 6. The average molecular weight is 852 g/mol. The molecule has 3 heterocycles. The van der Waals surface area contributed by atoms with Crippen LogP contribution in [0.25, 0.3) is 128 Å². The predicted octanol–water partition coefficient (Wildman–Crippen LogP) is 17.0. The fourth-order valence-corrected chi connectivity index (χ4v) is 10.1. The van der Waals surface area contributed by atoms with Crippen molar-refractivity contribution in [2.45, 2.75) is 0 Å². The van der Waals surface area contributed by atoms with Crippen molar-refractivity contribution in [2.75, 3.05) is 0 Å². The molecule has 67 heavy (non-hydrogen) atoms. The lowest BCUT2D eigenvalue weighted by atomic mass is 9.94. The van der Waals surface area contributed by atoms with Gasteiger partial charge in [0.05, 0.1) is 27.9 Å². The maximum atomic E-state index is 5.11. The molecule has 13 aromatic rings. The normalized spacial score (nSPS) is 11.6. The summed E-state index contributed by atoms with van der Waals surface area (Å²) in [6, 6.07) is 89.4. The lowest BCUT2D eigenvalue weighted by Gasteiger charge is -2.12. The zero-order chi connectivity index (χ0) is 44.3. The van der Waals surface area contributed by atoms with Gasteiger partial charge in [-0.2, -0.15) is 0 Å². The summed E-state index contributed by atoms with van der Waals surface area (Å²) < 4.78 is 2.50. The minimum absolute atomic E-state index is 0.700. The number of aromatic nitrogens is 3. The first-order chi connectivity index (χ1) is 33.2. The molecule has 0 aliphatic carbocycles. The van der Waals surface area contributed by atoms with E-state index in [-0.39, 0.29) is 0 Å². The fourth-order valence-electron chi connectivity index (χ4n) is 10.1. The molecule has 3 aromatic heterocycles. The van der Waals surface area contributed by atoms with Crippen molar-refractivity contribution in [1.82, 2.24) is 14.4 Å². The molecule has 10 aromatic carbocycles. The molecule has 0 aliphatic heterocycles. The highest BCUT2D eigenvalue weighted by atomic mass is 14.9. The third kappa shape index (κ3) is 6.76. The molecule has 0 amide bonds. The largest absolute Gasteiger partial charge is 0.308 e. The van der Waals surface area contributed by atoms with E-state index in [2.05, 4.69) is 241 Å². The summed E-state index contributed by atoms with van der Waals surface area (Å²) in [5, 5.41) is 5.10. The molecule has 0 fully saturated rings. The van der Waals surface area contributed by atoms with Crippen LogP contribution >= 0.6 is 0 Å². The van der Waals surface area contributed by atoms with Crippen molar-refractivity contribution in [3.05, 3.63) is 249 Å². The van der Waals surface area contributed by atoms with E-state index in [9.17, 15) is 0 Å². The SMILES string of the molecule is c1ccc(-c2cc(-c3ccccc3)nc(-c3cccc(-c4cccc(-c5cccc(-c6ccc7c8cccc9c%10ccc(-c%11ccccc%11-c%11ccccc%11)cc%10n(c7c6)c89)c5)c4)c3)n2)cc1.